The summed E-state index contributed by atoms with van der Waals surface area (Å²) in [6, 6.07) is 0. The molecule has 0 aromatic rings. The van der Waals surface area contributed by atoms with Crippen LogP contribution in [-0.4, -0.2) is 57.3 Å². The van der Waals surface area contributed by atoms with Crippen molar-refractivity contribution in [1.82, 2.24) is 10.9 Å². The molecule has 2 heterocycles. The highest BCUT2D eigenvalue weighted by molar-refractivity contribution is 7.92. The van der Waals surface area contributed by atoms with Crippen LogP contribution in [0.1, 0.15) is 72.6 Å². The molecule has 11 heteroatoms. The van der Waals surface area contributed by atoms with E-state index in [-0.39, 0.29) is 24.7 Å². The zero-order valence-corrected chi connectivity index (χ0v) is 23.2. The van der Waals surface area contributed by atoms with E-state index in [4.69, 9.17) is 20.2 Å². The zero-order valence-electron chi connectivity index (χ0n) is 22.4. The Hall–Kier alpha value is -1.53. The van der Waals surface area contributed by atoms with E-state index in [0.717, 1.165) is 24.7 Å². The van der Waals surface area contributed by atoms with Gasteiger partial charge in [0.05, 0.1) is 25.0 Å². The van der Waals surface area contributed by atoms with Crippen molar-refractivity contribution in [3.63, 3.8) is 0 Å². The third-order valence-electron chi connectivity index (χ3n) is 6.85. The first-order valence-electron chi connectivity index (χ1n) is 13.0. The lowest BCUT2D eigenvalue weighted by Crippen LogP contribution is -2.58. The van der Waals surface area contributed by atoms with E-state index in [1.807, 2.05) is 27.7 Å². The van der Waals surface area contributed by atoms with E-state index in [9.17, 15) is 18.0 Å². The summed E-state index contributed by atoms with van der Waals surface area (Å²) in [7, 11) is -3.92. The molecule has 0 spiro atoms. The molecule has 2 fully saturated rings. The van der Waals surface area contributed by atoms with Gasteiger partial charge < -0.3 is 9.47 Å². The first-order chi connectivity index (χ1) is 16.9. The van der Waals surface area contributed by atoms with Crippen LogP contribution in [0.4, 0.5) is 0 Å². The molecule has 0 aromatic heterocycles. The SMILES string of the molecule is CC(C)C[C@@H](C(=O)NN)[C@@H](C(=O)NOC1CCCCO1)C(C=C1CCOCC1)(CC(C)C)S(C)(=O)=O. The number of ether oxygens (including phenoxy) is 2. The number of carbonyl (C=O) groups is 2. The van der Waals surface area contributed by atoms with Crippen LogP contribution in [0.5, 0.6) is 0 Å². The van der Waals surface area contributed by atoms with Crippen molar-refractivity contribution >= 4 is 21.7 Å². The van der Waals surface area contributed by atoms with Crippen molar-refractivity contribution in [3.8, 4) is 0 Å². The minimum absolute atomic E-state index is 0.00256. The second-order valence-electron chi connectivity index (χ2n) is 10.8. The highest BCUT2D eigenvalue weighted by Gasteiger charge is 2.55. The molecule has 0 bridgehead atoms. The quantitative estimate of drug-likeness (QED) is 0.151. The van der Waals surface area contributed by atoms with Crippen molar-refractivity contribution in [2.75, 3.05) is 26.1 Å². The Morgan fingerprint density at radius 1 is 1.11 bits per heavy atom. The Balaban J connectivity index is 2.66. The fourth-order valence-electron chi connectivity index (χ4n) is 5.27. The van der Waals surface area contributed by atoms with Crippen molar-refractivity contribution in [3.05, 3.63) is 11.6 Å². The summed E-state index contributed by atoms with van der Waals surface area (Å²) in [5.74, 6) is 1.92. The number of rotatable bonds is 12. The third-order valence-corrected chi connectivity index (χ3v) is 8.76. The van der Waals surface area contributed by atoms with Gasteiger partial charge in [-0.25, -0.2) is 24.6 Å². The Bertz CT molecular complexity index is 861. The number of carbonyl (C=O) groups excluding carboxylic acids is 2. The van der Waals surface area contributed by atoms with Gasteiger partial charge in [0.15, 0.2) is 16.1 Å². The standard InChI is InChI=1S/C25H45N3O7S/c1-17(2)14-20(23(29)27-26)22(24(30)28-35-21-8-6-7-11-34-21)25(15-18(3)4,36(5,31)32)16-19-9-12-33-13-10-19/h16-18,20-22H,6-15,26H2,1-5H3,(H,27,29)(H,28,30)/t20-,21?,22+,25?/m1/s1. The van der Waals surface area contributed by atoms with Gasteiger partial charge in [-0.3, -0.25) is 15.0 Å². The van der Waals surface area contributed by atoms with Crippen LogP contribution >= 0.6 is 0 Å². The van der Waals surface area contributed by atoms with Crippen LogP contribution in [0.2, 0.25) is 0 Å². The second kappa shape index (κ2) is 13.9. The summed E-state index contributed by atoms with van der Waals surface area (Å²) in [5.41, 5.74) is 5.54. The van der Waals surface area contributed by atoms with Crippen LogP contribution < -0.4 is 16.7 Å². The number of sulfone groups is 1. The summed E-state index contributed by atoms with van der Waals surface area (Å²) in [6.45, 7) is 9.12. The number of nitrogens with one attached hydrogen (secondary N) is 2. The van der Waals surface area contributed by atoms with Gasteiger partial charge in [-0.1, -0.05) is 39.3 Å². The summed E-state index contributed by atoms with van der Waals surface area (Å²) in [4.78, 5) is 32.6. The van der Waals surface area contributed by atoms with Crippen molar-refractivity contribution < 1.29 is 32.3 Å². The van der Waals surface area contributed by atoms with Gasteiger partial charge in [0.1, 0.15) is 4.75 Å². The van der Waals surface area contributed by atoms with Crippen molar-refractivity contribution in [1.29, 1.82) is 0 Å². The molecule has 2 rings (SSSR count). The lowest BCUT2D eigenvalue weighted by molar-refractivity contribution is -0.203. The third kappa shape index (κ3) is 8.24. The lowest BCUT2D eigenvalue weighted by atomic mass is 9.72. The molecule has 2 aliphatic rings. The first kappa shape index (κ1) is 30.7. The van der Waals surface area contributed by atoms with Gasteiger partial charge in [0.2, 0.25) is 11.8 Å². The molecule has 2 unspecified atom stereocenters. The van der Waals surface area contributed by atoms with E-state index >= 15 is 0 Å². The Morgan fingerprint density at radius 2 is 1.78 bits per heavy atom. The molecule has 2 amide bonds. The van der Waals surface area contributed by atoms with Gasteiger partial charge in [0, 0.05) is 19.3 Å². The van der Waals surface area contributed by atoms with Gasteiger partial charge >= 0.3 is 0 Å². The number of hydroxylamine groups is 1. The summed E-state index contributed by atoms with van der Waals surface area (Å²) in [6.07, 6.45) is 6.20. The van der Waals surface area contributed by atoms with Crippen LogP contribution in [0.25, 0.3) is 0 Å². The van der Waals surface area contributed by atoms with Gasteiger partial charge in [-0.15, -0.1) is 0 Å². The number of hydrogen-bond donors (Lipinski definition) is 3. The maximum absolute atomic E-state index is 13.9. The van der Waals surface area contributed by atoms with Crippen molar-refractivity contribution in [2.24, 2.45) is 29.5 Å². The number of nitrogens with two attached hydrogens (primary N) is 1. The van der Waals surface area contributed by atoms with E-state index in [2.05, 4.69) is 10.9 Å². The van der Waals surface area contributed by atoms with E-state index in [0.29, 0.717) is 39.1 Å². The summed E-state index contributed by atoms with van der Waals surface area (Å²) in [5, 5.41) is 0. The maximum atomic E-state index is 13.9. The first-order valence-corrected chi connectivity index (χ1v) is 14.9. The minimum atomic E-state index is -3.92. The second-order valence-corrected chi connectivity index (χ2v) is 13.1. The Morgan fingerprint density at radius 3 is 2.28 bits per heavy atom. The predicted octanol–water partition coefficient (Wildman–Crippen LogP) is 2.40. The molecule has 2 aliphatic heterocycles. The zero-order chi connectivity index (χ0) is 26.9. The molecule has 4 atom stereocenters. The molecule has 0 radical (unpaired) electrons. The van der Waals surface area contributed by atoms with Crippen LogP contribution in [0, 0.1) is 23.7 Å². The van der Waals surface area contributed by atoms with Crippen molar-refractivity contribution in [2.45, 2.75) is 83.7 Å². The normalized spacial score (nSPS) is 22.6. The molecule has 0 saturated carbocycles. The van der Waals surface area contributed by atoms with Crippen LogP contribution in [0.3, 0.4) is 0 Å². The van der Waals surface area contributed by atoms with E-state index in [1.165, 1.54) is 0 Å². The van der Waals surface area contributed by atoms with Gasteiger partial charge in [0.25, 0.3) is 0 Å². The smallest absolute Gasteiger partial charge is 0.249 e. The average molecular weight is 532 g/mol. The van der Waals surface area contributed by atoms with Gasteiger partial charge in [-0.2, -0.15) is 0 Å². The van der Waals surface area contributed by atoms with E-state index in [1.54, 1.807) is 6.08 Å². The maximum Gasteiger partial charge on any atom is 0.249 e. The highest BCUT2D eigenvalue weighted by Crippen LogP contribution is 2.43. The monoisotopic (exact) mass is 531 g/mol. The summed E-state index contributed by atoms with van der Waals surface area (Å²) >= 11 is 0. The molecule has 4 N–H and O–H groups in total. The molecule has 2 saturated heterocycles. The molecule has 10 nitrogen and oxygen atoms in total. The largest absolute Gasteiger partial charge is 0.381 e. The molecule has 208 valence electrons. The number of hydrogen-bond acceptors (Lipinski definition) is 8. The summed E-state index contributed by atoms with van der Waals surface area (Å²) < 4.78 is 36.8. The minimum Gasteiger partial charge on any atom is -0.381 e. The number of hydrazine groups is 1. The Kier molecular flexibility index (Phi) is 11.8. The Labute approximate surface area is 215 Å². The molecule has 36 heavy (non-hydrogen) atoms. The fraction of sp³-hybridized carbons (Fsp3) is 0.840. The van der Waals surface area contributed by atoms with E-state index < -0.39 is 44.5 Å². The average Bonchev–Trinajstić information content (AvgIpc) is 2.81. The molecule has 0 aromatic carbocycles. The number of amides is 2. The fourth-order valence-corrected chi connectivity index (χ4v) is 7.02. The van der Waals surface area contributed by atoms with Gasteiger partial charge in [-0.05, 0) is 50.4 Å². The lowest BCUT2D eigenvalue weighted by Gasteiger charge is -2.42. The highest BCUT2D eigenvalue weighted by atomic mass is 32.2. The molecular weight excluding hydrogens is 486 g/mol. The predicted molar refractivity (Wildman–Crippen MR) is 137 cm³/mol. The molecular formula is C25H45N3O7S. The van der Waals surface area contributed by atoms with Crippen LogP contribution in [0.15, 0.2) is 11.6 Å². The molecule has 0 aliphatic carbocycles. The topological polar surface area (TPSA) is 146 Å². The van der Waals surface area contributed by atoms with Crippen LogP contribution in [-0.2, 0) is 33.7 Å².